The van der Waals surface area contributed by atoms with Gasteiger partial charge in [-0.15, -0.1) is 0 Å². The molecule has 3 aromatic rings. The highest BCUT2D eigenvalue weighted by molar-refractivity contribution is 5.91. The number of aromatic amines is 1. The van der Waals surface area contributed by atoms with Crippen LogP contribution in [0.1, 0.15) is 16.8 Å². The highest BCUT2D eigenvalue weighted by Crippen LogP contribution is 2.29. The second-order valence-corrected chi connectivity index (χ2v) is 5.18. The summed E-state index contributed by atoms with van der Waals surface area (Å²) in [5.74, 6) is -0.218. The summed E-state index contributed by atoms with van der Waals surface area (Å²) in [4.78, 5) is 5.50. The Balaban J connectivity index is 1.65. The Hall–Kier alpha value is -2.69. The van der Waals surface area contributed by atoms with Crippen molar-refractivity contribution in [2.24, 2.45) is 0 Å². The maximum Gasteiger partial charge on any atom is 0.125 e. The Bertz CT molecular complexity index is 823. The molecule has 4 nitrogen and oxygen atoms in total. The van der Waals surface area contributed by atoms with E-state index in [0.29, 0.717) is 0 Å². The van der Waals surface area contributed by atoms with Crippen LogP contribution >= 0.6 is 0 Å². The van der Waals surface area contributed by atoms with Gasteiger partial charge in [-0.2, -0.15) is 10.2 Å². The van der Waals surface area contributed by atoms with Crippen molar-refractivity contribution in [2.45, 2.75) is 13.1 Å². The number of hydrogen-bond acceptors (Lipinski definition) is 3. The fourth-order valence-corrected chi connectivity index (χ4v) is 2.75. The average molecular weight is 280 g/mol. The van der Waals surface area contributed by atoms with Gasteiger partial charge < -0.3 is 9.88 Å². The lowest BCUT2D eigenvalue weighted by Gasteiger charge is -2.23. The molecule has 21 heavy (non-hydrogen) atoms. The van der Waals surface area contributed by atoms with Crippen molar-refractivity contribution in [2.75, 3.05) is 0 Å². The predicted octanol–water partition coefficient (Wildman–Crippen LogP) is 3.08. The molecule has 104 valence electrons. The van der Waals surface area contributed by atoms with Crippen LogP contribution in [0.4, 0.5) is 4.39 Å². The molecule has 2 aromatic heterocycles. The number of fused-ring (bicyclic) bond motifs is 3. The number of hydrogen-bond donors (Lipinski definition) is 1. The monoisotopic (exact) mass is 280 g/mol. The SMILES string of the molecule is Fc1ccc2c3c([nH]c2c1)CN(Cc1ccnnc1)C=C3. The van der Waals surface area contributed by atoms with Crippen LogP contribution in [0.5, 0.6) is 0 Å². The van der Waals surface area contributed by atoms with E-state index in [2.05, 4.69) is 32.4 Å². The second-order valence-electron chi connectivity index (χ2n) is 5.18. The minimum absolute atomic E-state index is 0.218. The molecule has 3 heterocycles. The molecule has 0 spiro atoms. The quantitative estimate of drug-likeness (QED) is 0.784. The van der Waals surface area contributed by atoms with Crippen molar-refractivity contribution >= 4 is 17.0 Å². The molecule has 4 rings (SSSR count). The van der Waals surface area contributed by atoms with Gasteiger partial charge in [0.15, 0.2) is 0 Å². The minimum Gasteiger partial charge on any atom is -0.367 e. The summed E-state index contributed by atoms with van der Waals surface area (Å²) in [7, 11) is 0. The van der Waals surface area contributed by atoms with E-state index in [1.54, 1.807) is 18.5 Å². The first kappa shape index (κ1) is 12.1. The topological polar surface area (TPSA) is 44.8 Å². The molecule has 0 bridgehead atoms. The van der Waals surface area contributed by atoms with Crippen molar-refractivity contribution < 1.29 is 4.39 Å². The molecule has 0 fully saturated rings. The van der Waals surface area contributed by atoms with Crippen LogP contribution in [0, 0.1) is 5.82 Å². The Labute approximate surface area is 120 Å². The van der Waals surface area contributed by atoms with Gasteiger partial charge in [0.2, 0.25) is 0 Å². The first-order chi connectivity index (χ1) is 10.3. The fraction of sp³-hybridized carbons (Fsp3) is 0.125. The highest BCUT2D eigenvalue weighted by Gasteiger charge is 2.16. The molecule has 0 radical (unpaired) electrons. The van der Waals surface area contributed by atoms with Crippen LogP contribution in [0.15, 0.2) is 42.9 Å². The highest BCUT2D eigenvalue weighted by atomic mass is 19.1. The maximum atomic E-state index is 13.3. The van der Waals surface area contributed by atoms with Crippen LogP contribution in [0.25, 0.3) is 17.0 Å². The molecule has 1 aliphatic rings. The smallest absolute Gasteiger partial charge is 0.125 e. The summed E-state index contributed by atoms with van der Waals surface area (Å²) in [6.45, 7) is 1.54. The molecule has 0 unspecified atom stereocenters. The lowest BCUT2D eigenvalue weighted by atomic mass is 10.1. The molecule has 1 aliphatic heterocycles. The van der Waals surface area contributed by atoms with E-state index in [0.717, 1.165) is 40.8 Å². The van der Waals surface area contributed by atoms with E-state index < -0.39 is 0 Å². The van der Waals surface area contributed by atoms with Crippen LogP contribution in [0.2, 0.25) is 0 Å². The molecule has 5 heteroatoms. The van der Waals surface area contributed by atoms with Crippen molar-refractivity contribution in [3.63, 3.8) is 0 Å². The summed E-state index contributed by atoms with van der Waals surface area (Å²) < 4.78 is 13.3. The fourth-order valence-electron chi connectivity index (χ4n) is 2.75. The molecule has 1 aromatic carbocycles. The Morgan fingerprint density at radius 1 is 1.24 bits per heavy atom. The zero-order valence-electron chi connectivity index (χ0n) is 11.3. The Morgan fingerprint density at radius 2 is 2.19 bits per heavy atom. The van der Waals surface area contributed by atoms with E-state index in [4.69, 9.17) is 0 Å². The molecular formula is C16H13FN4. The Morgan fingerprint density at radius 3 is 3.05 bits per heavy atom. The van der Waals surface area contributed by atoms with E-state index in [1.165, 1.54) is 6.07 Å². The van der Waals surface area contributed by atoms with Crippen molar-refractivity contribution in [3.8, 4) is 0 Å². The number of H-pyrrole nitrogens is 1. The van der Waals surface area contributed by atoms with Gasteiger partial charge in [-0.3, -0.25) is 0 Å². The number of nitrogens with zero attached hydrogens (tertiary/aromatic N) is 3. The number of benzene rings is 1. The standard InChI is InChI=1S/C16H13FN4/c17-12-1-2-13-14-4-6-21(9-11-3-5-18-19-8-11)10-16(14)20-15(13)7-12/h1-8,20H,9-10H2. The lowest BCUT2D eigenvalue weighted by molar-refractivity contribution is 0.355. The third-order valence-electron chi connectivity index (χ3n) is 3.73. The molecule has 0 aliphatic carbocycles. The zero-order valence-corrected chi connectivity index (χ0v) is 11.3. The van der Waals surface area contributed by atoms with E-state index >= 15 is 0 Å². The maximum absolute atomic E-state index is 13.3. The van der Waals surface area contributed by atoms with Crippen LogP contribution < -0.4 is 0 Å². The van der Waals surface area contributed by atoms with Crippen LogP contribution in [-0.4, -0.2) is 20.1 Å². The van der Waals surface area contributed by atoms with Gasteiger partial charge in [-0.1, -0.05) is 0 Å². The molecule has 0 amide bonds. The van der Waals surface area contributed by atoms with Crippen LogP contribution in [-0.2, 0) is 13.1 Å². The van der Waals surface area contributed by atoms with Crippen LogP contribution in [0.3, 0.4) is 0 Å². The average Bonchev–Trinajstić information content (AvgIpc) is 2.84. The molecule has 1 N–H and O–H groups in total. The van der Waals surface area contributed by atoms with E-state index in [9.17, 15) is 4.39 Å². The number of rotatable bonds is 2. The largest absolute Gasteiger partial charge is 0.367 e. The summed E-state index contributed by atoms with van der Waals surface area (Å²) in [5, 5.41) is 8.73. The molecule has 0 saturated carbocycles. The minimum atomic E-state index is -0.218. The van der Waals surface area contributed by atoms with Gasteiger partial charge in [-0.05, 0) is 35.9 Å². The predicted molar refractivity (Wildman–Crippen MR) is 78.6 cm³/mol. The van der Waals surface area contributed by atoms with Gasteiger partial charge in [0.1, 0.15) is 5.82 Å². The van der Waals surface area contributed by atoms with E-state index in [1.807, 2.05) is 12.1 Å². The second kappa shape index (κ2) is 4.70. The van der Waals surface area contributed by atoms with Gasteiger partial charge in [0.25, 0.3) is 0 Å². The summed E-state index contributed by atoms with van der Waals surface area (Å²) >= 11 is 0. The van der Waals surface area contributed by atoms with Crippen molar-refractivity contribution in [3.05, 3.63) is 65.5 Å². The van der Waals surface area contributed by atoms with Gasteiger partial charge in [0, 0.05) is 41.1 Å². The van der Waals surface area contributed by atoms with E-state index in [-0.39, 0.29) is 5.82 Å². The summed E-state index contributed by atoms with van der Waals surface area (Å²) in [6, 6.07) is 6.82. The first-order valence-electron chi connectivity index (χ1n) is 6.77. The summed E-state index contributed by atoms with van der Waals surface area (Å²) in [6.07, 6.45) is 7.60. The Kier molecular flexibility index (Phi) is 2.70. The first-order valence-corrected chi connectivity index (χ1v) is 6.77. The zero-order chi connectivity index (χ0) is 14.2. The van der Waals surface area contributed by atoms with Crippen molar-refractivity contribution in [1.82, 2.24) is 20.1 Å². The summed E-state index contributed by atoms with van der Waals surface area (Å²) in [5.41, 5.74) is 4.21. The third-order valence-corrected chi connectivity index (χ3v) is 3.73. The van der Waals surface area contributed by atoms with Gasteiger partial charge >= 0.3 is 0 Å². The normalized spacial score (nSPS) is 13.7. The molecular weight excluding hydrogens is 267 g/mol. The number of aromatic nitrogens is 3. The third kappa shape index (κ3) is 2.16. The molecule has 0 saturated heterocycles. The molecule has 0 atom stereocenters. The number of nitrogens with one attached hydrogen (secondary N) is 1. The van der Waals surface area contributed by atoms with Gasteiger partial charge in [-0.25, -0.2) is 4.39 Å². The van der Waals surface area contributed by atoms with Gasteiger partial charge in [0.05, 0.1) is 12.7 Å². The van der Waals surface area contributed by atoms with Crippen molar-refractivity contribution in [1.29, 1.82) is 0 Å². The lowest BCUT2D eigenvalue weighted by Crippen LogP contribution is -2.19. The number of halogens is 1.